The molecule has 4 atom stereocenters. The Hall–Kier alpha value is -4.45. The van der Waals surface area contributed by atoms with Crippen LogP contribution in [0.4, 0.5) is 24.0 Å². The predicted octanol–water partition coefficient (Wildman–Crippen LogP) is 4.90. The first kappa shape index (κ1) is 32.5. The second-order valence-electron chi connectivity index (χ2n) is 11.9. The highest BCUT2D eigenvalue weighted by atomic mass is 32.1. The zero-order chi connectivity index (χ0) is 33.6. The van der Waals surface area contributed by atoms with Gasteiger partial charge in [0.05, 0.1) is 29.0 Å². The summed E-state index contributed by atoms with van der Waals surface area (Å²) in [6, 6.07) is 6.95. The van der Waals surface area contributed by atoms with E-state index in [1.807, 2.05) is 30.0 Å². The number of fused-ring (bicyclic) bond motifs is 2. The third-order valence-corrected chi connectivity index (χ3v) is 10.2. The van der Waals surface area contributed by atoms with Crippen LogP contribution in [0.25, 0.3) is 32.1 Å². The number of likely N-dealkylation sites (N-methyl/N-ethyl adjacent to an activating group) is 2. The summed E-state index contributed by atoms with van der Waals surface area (Å²) in [7, 11) is 5.17. The molecule has 14 heteroatoms. The number of nitriles is 1. The summed E-state index contributed by atoms with van der Waals surface area (Å²) >= 11 is 0.928. The number of nitrogens with two attached hydrogens (primary N) is 1. The lowest BCUT2D eigenvalue weighted by Crippen LogP contribution is -2.48. The molecule has 0 radical (unpaired) electrons. The molecule has 1 amide bonds. The highest BCUT2D eigenvalue weighted by Gasteiger charge is 2.40. The van der Waals surface area contributed by atoms with Gasteiger partial charge in [-0.15, -0.1) is 11.3 Å². The number of thiophene rings is 1. The summed E-state index contributed by atoms with van der Waals surface area (Å²) in [5.41, 5.74) is 6.43. The summed E-state index contributed by atoms with van der Waals surface area (Å²) in [5.74, 6) is -1.16. The molecule has 2 aromatic heterocycles. The number of aromatic nitrogens is 2. The fourth-order valence-electron chi connectivity index (χ4n) is 6.78. The number of likely N-dealkylation sites (tertiary alicyclic amines) is 2. The Morgan fingerprint density at radius 2 is 2.02 bits per heavy atom. The number of hydrogen-bond acceptors (Lipinski definition) is 10. The van der Waals surface area contributed by atoms with Crippen molar-refractivity contribution in [1.29, 1.82) is 5.26 Å². The van der Waals surface area contributed by atoms with Crippen molar-refractivity contribution in [2.45, 2.75) is 37.1 Å². The van der Waals surface area contributed by atoms with Crippen LogP contribution in [0, 0.1) is 23.0 Å². The average molecular weight is 666 g/mol. The van der Waals surface area contributed by atoms with Gasteiger partial charge in [-0.1, -0.05) is 18.7 Å². The Morgan fingerprint density at radius 3 is 2.70 bits per heavy atom. The third-order valence-electron chi connectivity index (χ3n) is 9.17. The Balaban J connectivity index is 1.49. The molecule has 0 spiro atoms. The molecule has 0 bridgehead atoms. The third kappa shape index (κ3) is 5.72. The SMILES string of the molecule is C=CC(=O)N1CCC(N(C)c2nc(OCC3CC(F)CN3C)nc3c(F)c(-c4ccc(F)c5sc(N)c(C#N)c45)ccc23)C1COC. The van der Waals surface area contributed by atoms with Gasteiger partial charge in [0.15, 0.2) is 5.82 Å². The van der Waals surface area contributed by atoms with Gasteiger partial charge < -0.3 is 25.0 Å². The molecule has 2 aromatic carbocycles. The van der Waals surface area contributed by atoms with Crippen LogP contribution in [-0.2, 0) is 9.53 Å². The van der Waals surface area contributed by atoms with Crippen molar-refractivity contribution in [3.8, 4) is 23.2 Å². The van der Waals surface area contributed by atoms with Gasteiger partial charge in [0.1, 0.15) is 41.0 Å². The predicted molar refractivity (Wildman–Crippen MR) is 175 cm³/mol. The lowest BCUT2D eigenvalue weighted by Gasteiger charge is -2.33. The number of amides is 1. The molecule has 47 heavy (non-hydrogen) atoms. The highest BCUT2D eigenvalue weighted by molar-refractivity contribution is 7.23. The van der Waals surface area contributed by atoms with Gasteiger partial charge >= 0.3 is 6.01 Å². The highest BCUT2D eigenvalue weighted by Crippen LogP contribution is 2.43. The molecule has 2 fully saturated rings. The zero-order valence-electron chi connectivity index (χ0n) is 26.2. The van der Waals surface area contributed by atoms with Crippen LogP contribution in [0.15, 0.2) is 36.9 Å². The quantitative estimate of drug-likeness (QED) is 0.249. The second kappa shape index (κ2) is 13.0. The van der Waals surface area contributed by atoms with Gasteiger partial charge in [0, 0.05) is 49.6 Å². The normalized spacial score (nSPS) is 21.4. The summed E-state index contributed by atoms with van der Waals surface area (Å²) in [6.07, 6.45) is 1.16. The number of hydrogen-bond donors (Lipinski definition) is 1. The van der Waals surface area contributed by atoms with Crippen LogP contribution < -0.4 is 15.4 Å². The molecule has 6 rings (SSSR count). The Labute approximate surface area is 273 Å². The van der Waals surface area contributed by atoms with Crippen molar-refractivity contribution in [2.24, 2.45) is 0 Å². The maximum Gasteiger partial charge on any atom is 0.319 e. The molecular formula is C33H34F3N7O3S. The summed E-state index contributed by atoms with van der Waals surface area (Å²) < 4.78 is 57.3. The molecule has 10 nitrogen and oxygen atoms in total. The standard InChI is InChI=1S/C33H34F3N7O3S/c1-5-26(44)43-11-10-24(25(43)16-45-4)42(3)32-21-7-6-20(19-8-9-23(35)30-27(19)22(13-37)31(38)47-30)28(36)29(21)39-33(40-32)46-15-18-12-17(34)14-41(18)2/h5-9,17-18,24-25H,1,10-12,14-16,38H2,2-4H3. The van der Waals surface area contributed by atoms with E-state index in [1.165, 1.54) is 18.2 Å². The molecule has 2 saturated heterocycles. The van der Waals surface area contributed by atoms with Gasteiger partial charge in [-0.05, 0) is 43.7 Å². The van der Waals surface area contributed by atoms with Crippen molar-refractivity contribution in [3.05, 3.63) is 54.1 Å². The molecule has 246 valence electrons. The molecule has 2 N–H and O–H groups in total. The van der Waals surface area contributed by atoms with Crippen LogP contribution in [0.5, 0.6) is 6.01 Å². The van der Waals surface area contributed by atoms with E-state index < -0.39 is 17.8 Å². The van der Waals surface area contributed by atoms with E-state index in [9.17, 15) is 18.8 Å². The van der Waals surface area contributed by atoms with Gasteiger partial charge in [0.25, 0.3) is 0 Å². The molecule has 2 aliphatic rings. The van der Waals surface area contributed by atoms with Crippen molar-refractivity contribution in [2.75, 3.05) is 58.1 Å². The van der Waals surface area contributed by atoms with Gasteiger partial charge in [0.2, 0.25) is 5.91 Å². The maximum atomic E-state index is 16.8. The molecule has 0 saturated carbocycles. The maximum absolute atomic E-state index is 16.8. The number of anilines is 2. The number of halogens is 3. The van der Waals surface area contributed by atoms with Crippen LogP contribution in [0.2, 0.25) is 0 Å². The van der Waals surface area contributed by atoms with Crippen LogP contribution in [0.1, 0.15) is 18.4 Å². The average Bonchev–Trinajstić information content (AvgIpc) is 3.73. The lowest BCUT2D eigenvalue weighted by molar-refractivity contribution is -0.127. The fraction of sp³-hybridized carbons (Fsp3) is 0.394. The minimum atomic E-state index is -0.980. The number of alkyl halides is 1. The van der Waals surface area contributed by atoms with Crippen LogP contribution in [-0.4, -0.2) is 97.5 Å². The monoisotopic (exact) mass is 665 g/mol. The smallest absolute Gasteiger partial charge is 0.319 e. The minimum Gasteiger partial charge on any atom is -0.462 e. The number of rotatable bonds is 9. The molecule has 4 heterocycles. The van der Waals surface area contributed by atoms with Crippen molar-refractivity contribution in [1.82, 2.24) is 19.8 Å². The molecule has 2 aliphatic heterocycles. The first-order chi connectivity index (χ1) is 22.6. The number of nitrogen functional groups attached to an aromatic ring is 1. The van der Waals surface area contributed by atoms with Crippen molar-refractivity contribution >= 4 is 49.1 Å². The van der Waals surface area contributed by atoms with E-state index in [-0.39, 0.29) is 93.5 Å². The molecule has 0 aliphatic carbocycles. The first-order valence-corrected chi connectivity index (χ1v) is 15.9. The number of methoxy groups -OCH3 is 1. The molecule has 4 unspecified atom stereocenters. The summed E-state index contributed by atoms with van der Waals surface area (Å²) in [6.45, 7) is 4.71. The largest absolute Gasteiger partial charge is 0.462 e. The van der Waals surface area contributed by atoms with E-state index in [4.69, 9.17) is 20.2 Å². The fourth-order valence-corrected chi connectivity index (χ4v) is 7.73. The van der Waals surface area contributed by atoms with Gasteiger partial charge in [-0.3, -0.25) is 9.69 Å². The number of ether oxygens (including phenoxy) is 2. The van der Waals surface area contributed by atoms with E-state index in [2.05, 4.69) is 11.6 Å². The van der Waals surface area contributed by atoms with E-state index in [1.54, 1.807) is 24.1 Å². The number of carbonyl (C=O) groups is 1. The van der Waals surface area contributed by atoms with Gasteiger partial charge in [-0.2, -0.15) is 15.2 Å². The second-order valence-corrected chi connectivity index (χ2v) is 12.9. The zero-order valence-corrected chi connectivity index (χ0v) is 27.0. The lowest BCUT2D eigenvalue weighted by atomic mass is 9.97. The summed E-state index contributed by atoms with van der Waals surface area (Å²) in [5, 5.41) is 10.5. The summed E-state index contributed by atoms with van der Waals surface area (Å²) in [4.78, 5) is 27.3. The number of nitrogens with zero attached hydrogens (tertiary/aromatic N) is 6. The van der Waals surface area contributed by atoms with Gasteiger partial charge in [-0.25, -0.2) is 13.2 Å². The van der Waals surface area contributed by atoms with E-state index in [0.717, 1.165) is 11.3 Å². The van der Waals surface area contributed by atoms with E-state index in [0.29, 0.717) is 24.2 Å². The Morgan fingerprint density at radius 1 is 1.26 bits per heavy atom. The number of benzene rings is 2. The van der Waals surface area contributed by atoms with Crippen molar-refractivity contribution < 1.29 is 27.4 Å². The first-order valence-electron chi connectivity index (χ1n) is 15.1. The topological polar surface area (TPSA) is 121 Å². The number of carbonyl (C=O) groups excluding carboxylic acids is 1. The van der Waals surface area contributed by atoms with Crippen LogP contribution >= 0.6 is 11.3 Å². The minimum absolute atomic E-state index is 0.0583. The Kier molecular flexibility index (Phi) is 8.97. The Bertz CT molecular complexity index is 1910. The van der Waals surface area contributed by atoms with Crippen LogP contribution in [0.3, 0.4) is 0 Å². The van der Waals surface area contributed by atoms with Crippen molar-refractivity contribution in [3.63, 3.8) is 0 Å². The molecule has 4 aromatic rings. The molecular weight excluding hydrogens is 631 g/mol. The van der Waals surface area contributed by atoms with E-state index >= 15 is 4.39 Å².